The highest BCUT2D eigenvalue weighted by molar-refractivity contribution is 6.32. The molecule has 0 spiro atoms. The Kier molecular flexibility index (Phi) is 3.12. The predicted molar refractivity (Wildman–Crippen MR) is 77.7 cm³/mol. The van der Waals surface area contributed by atoms with E-state index in [1.807, 2.05) is 34.9 Å². The van der Waals surface area contributed by atoms with E-state index < -0.39 is 0 Å². The third-order valence-corrected chi connectivity index (χ3v) is 3.13. The van der Waals surface area contributed by atoms with Gasteiger partial charge in [-0.2, -0.15) is 0 Å². The molecule has 3 aromatic rings. The van der Waals surface area contributed by atoms with Gasteiger partial charge in [-0.15, -0.1) is 0 Å². The lowest BCUT2D eigenvalue weighted by atomic mass is 10.1. The van der Waals surface area contributed by atoms with Crippen molar-refractivity contribution in [3.05, 3.63) is 48.0 Å². The Morgan fingerprint density at radius 3 is 2.90 bits per heavy atom. The van der Waals surface area contributed by atoms with Crippen LogP contribution < -0.4 is 5.32 Å². The highest BCUT2D eigenvalue weighted by Gasteiger charge is 2.07. The second-order valence-electron chi connectivity index (χ2n) is 4.33. The normalized spacial score (nSPS) is 10.7. The monoisotopic (exact) mass is 286 g/mol. The third kappa shape index (κ3) is 2.35. The number of fused-ring (bicyclic) bond motifs is 1. The summed E-state index contributed by atoms with van der Waals surface area (Å²) >= 11 is 6.09. The number of pyridine rings is 2. The number of nitrogens with one attached hydrogen (secondary N) is 1. The quantitative estimate of drug-likeness (QED) is 0.737. The van der Waals surface area contributed by atoms with Crippen LogP contribution in [-0.2, 0) is 4.79 Å². The summed E-state index contributed by atoms with van der Waals surface area (Å²) in [6, 6.07) is 7.52. The number of rotatable bonds is 2. The van der Waals surface area contributed by atoms with Gasteiger partial charge in [-0.05, 0) is 24.3 Å². The molecule has 100 valence electrons. The molecular weight excluding hydrogens is 276 g/mol. The predicted octanol–water partition coefficient (Wildman–Crippen LogP) is 3.01. The van der Waals surface area contributed by atoms with Gasteiger partial charge >= 0.3 is 0 Å². The number of carbonyl (C=O) groups excluding carboxylic acids is 1. The Morgan fingerprint density at radius 1 is 1.30 bits per heavy atom. The standard InChI is InChI=1S/C14H11ClN4O/c1-9(20)17-12-8-19-7-10(4-5-13(19)18-12)11-3-2-6-16-14(11)15/h2-8H,1H3,(H,17,20). The topological polar surface area (TPSA) is 59.3 Å². The summed E-state index contributed by atoms with van der Waals surface area (Å²) in [6.45, 7) is 1.45. The Balaban J connectivity index is 2.07. The van der Waals surface area contributed by atoms with Gasteiger partial charge in [0, 0.05) is 30.4 Å². The first-order valence-corrected chi connectivity index (χ1v) is 6.38. The van der Waals surface area contributed by atoms with Crippen molar-refractivity contribution in [1.82, 2.24) is 14.4 Å². The number of hydrogen-bond acceptors (Lipinski definition) is 3. The third-order valence-electron chi connectivity index (χ3n) is 2.83. The number of carbonyl (C=O) groups is 1. The SMILES string of the molecule is CC(=O)Nc1cn2cc(-c3cccnc3Cl)ccc2n1. The van der Waals surface area contributed by atoms with Gasteiger partial charge in [0.25, 0.3) is 0 Å². The molecule has 0 fully saturated rings. The summed E-state index contributed by atoms with van der Waals surface area (Å²) in [5.74, 6) is 0.371. The second-order valence-corrected chi connectivity index (χ2v) is 4.69. The van der Waals surface area contributed by atoms with Crippen LogP contribution in [0.1, 0.15) is 6.92 Å². The second kappa shape index (κ2) is 4.94. The zero-order chi connectivity index (χ0) is 14.1. The first-order valence-electron chi connectivity index (χ1n) is 6.01. The van der Waals surface area contributed by atoms with E-state index in [4.69, 9.17) is 11.6 Å². The van der Waals surface area contributed by atoms with Crippen LogP contribution in [0.15, 0.2) is 42.9 Å². The summed E-state index contributed by atoms with van der Waals surface area (Å²) in [5.41, 5.74) is 2.53. The van der Waals surface area contributed by atoms with E-state index >= 15 is 0 Å². The van der Waals surface area contributed by atoms with Gasteiger partial charge in [0.2, 0.25) is 5.91 Å². The smallest absolute Gasteiger partial charge is 0.222 e. The molecule has 0 atom stereocenters. The summed E-state index contributed by atoms with van der Waals surface area (Å²) in [4.78, 5) is 19.4. The van der Waals surface area contributed by atoms with Crippen LogP contribution in [0, 0.1) is 0 Å². The van der Waals surface area contributed by atoms with Gasteiger partial charge in [-0.25, -0.2) is 9.97 Å². The van der Waals surface area contributed by atoms with Crippen molar-refractivity contribution in [2.24, 2.45) is 0 Å². The Bertz CT molecular complexity index is 797. The minimum Gasteiger partial charge on any atom is -0.310 e. The maximum absolute atomic E-state index is 11.0. The molecule has 6 heteroatoms. The molecule has 20 heavy (non-hydrogen) atoms. The van der Waals surface area contributed by atoms with E-state index in [9.17, 15) is 4.79 Å². The van der Waals surface area contributed by atoms with Crippen LogP contribution in [0.5, 0.6) is 0 Å². The fraction of sp³-hybridized carbons (Fsp3) is 0.0714. The molecule has 0 aliphatic carbocycles. The highest BCUT2D eigenvalue weighted by atomic mass is 35.5. The molecule has 0 aliphatic heterocycles. The maximum atomic E-state index is 11.0. The van der Waals surface area contributed by atoms with Crippen LogP contribution in [0.2, 0.25) is 5.15 Å². The van der Waals surface area contributed by atoms with Gasteiger partial charge < -0.3 is 9.72 Å². The van der Waals surface area contributed by atoms with Gasteiger partial charge in [0.05, 0.1) is 6.20 Å². The number of hydrogen-bond donors (Lipinski definition) is 1. The molecule has 3 heterocycles. The van der Waals surface area contributed by atoms with Gasteiger partial charge in [-0.1, -0.05) is 11.6 Å². The summed E-state index contributed by atoms with van der Waals surface area (Å²) in [7, 11) is 0. The van der Waals surface area contributed by atoms with Crippen molar-refractivity contribution >= 4 is 29.0 Å². The Labute approximate surface area is 120 Å². The lowest BCUT2D eigenvalue weighted by Crippen LogP contribution is -2.05. The molecule has 3 aromatic heterocycles. The molecular formula is C14H11ClN4O. The summed E-state index contributed by atoms with van der Waals surface area (Å²) in [6.07, 6.45) is 5.30. The zero-order valence-electron chi connectivity index (χ0n) is 10.7. The van der Waals surface area contributed by atoms with Crippen molar-refractivity contribution < 1.29 is 4.79 Å². The fourth-order valence-electron chi connectivity index (χ4n) is 1.99. The van der Waals surface area contributed by atoms with Crippen molar-refractivity contribution in [3.63, 3.8) is 0 Å². The Hall–Kier alpha value is -2.40. The van der Waals surface area contributed by atoms with E-state index in [2.05, 4.69) is 15.3 Å². The van der Waals surface area contributed by atoms with Crippen LogP contribution >= 0.6 is 11.6 Å². The minimum absolute atomic E-state index is 0.149. The van der Waals surface area contributed by atoms with Crippen LogP contribution in [0.25, 0.3) is 16.8 Å². The Morgan fingerprint density at radius 2 is 2.15 bits per heavy atom. The van der Waals surface area contributed by atoms with E-state index in [0.717, 1.165) is 16.8 Å². The molecule has 0 saturated carbocycles. The molecule has 1 N–H and O–H groups in total. The largest absolute Gasteiger partial charge is 0.310 e. The molecule has 0 saturated heterocycles. The van der Waals surface area contributed by atoms with Crippen LogP contribution in [-0.4, -0.2) is 20.3 Å². The van der Waals surface area contributed by atoms with E-state index in [-0.39, 0.29) is 5.91 Å². The zero-order valence-corrected chi connectivity index (χ0v) is 11.4. The maximum Gasteiger partial charge on any atom is 0.222 e. The van der Waals surface area contributed by atoms with Crippen LogP contribution in [0.3, 0.4) is 0 Å². The van der Waals surface area contributed by atoms with Crippen molar-refractivity contribution in [1.29, 1.82) is 0 Å². The average Bonchev–Trinajstić information content (AvgIpc) is 2.79. The van der Waals surface area contributed by atoms with E-state index in [1.165, 1.54) is 6.92 Å². The molecule has 0 bridgehead atoms. The molecule has 0 radical (unpaired) electrons. The van der Waals surface area contributed by atoms with Crippen LogP contribution in [0.4, 0.5) is 5.82 Å². The molecule has 0 aromatic carbocycles. The van der Waals surface area contributed by atoms with Crippen molar-refractivity contribution in [2.45, 2.75) is 6.92 Å². The number of nitrogens with zero attached hydrogens (tertiary/aromatic N) is 3. The number of amides is 1. The average molecular weight is 287 g/mol. The molecule has 0 aliphatic rings. The van der Waals surface area contributed by atoms with Gasteiger partial charge in [0.1, 0.15) is 10.8 Å². The first kappa shape index (κ1) is 12.6. The number of aromatic nitrogens is 3. The summed E-state index contributed by atoms with van der Waals surface area (Å²) < 4.78 is 1.84. The molecule has 3 rings (SSSR count). The number of imidazole rings is 1. The highest BCUT2D eigenvalue weighted by Crippen LogP contribution is 2.26. The number of halogens is 1. The van der Waals surface area contributed by atoms with E-state index in [0.29, 0.717) is 11.0 Å². The van der Waals surface area contributed by atoms with Crippen molar-refractivity contribution in [2.75, 3.05) is 5.32 Å². The van der Waals surface area contributed by atoms with Gasteiger partial charge in [-0.3, -0.25) is 4.79 Å². The minimum atomic E-state index is -0.149. The number of anilines is 1. The van der Waals surface area contributed by atoms with E-state index in [1.54, 1.807) is 12.4 Å². The van der Waals surface area contributed by atoms with Gasteiger partial charge in [0.15, 0.2) is 5.82 Å². The first-order chi connectivity index (χ1) is 9.63. The lowest BCUT2D eigenvalue weighted by Gasteiger charge is -2.03. The fourth-order valence-corrected chi connectivity index (χ4v) is 2.22. The molecule has 5 nitrogen and oxygen atoms in total. The van der Waals surface area contributed by atoms with Crippen molar-refractivity contribution in [3.8, 4) is 11.1 Å². The molecule has 1 amide bonds. The summed E-state index contributed by atoms with van der Waals surface area (Å²) in [5, 5.41) is 3.11. The molecule has 0 unspecified atom stereocenters. The lowest BCUT2D eigenvalue weighted by molar-refractivity contribution is -0.114.